The second kappa shape index (κ2) is 3.64. The lowest BCUT2D eigenvalue weighted by molar-refractivity contribution is 0.630. The normalized spacial score (nSPS) is 11.1. The third-order valence-corrected chi connectivity index (χ3v) is 3.37. The van der Waals surface area contributed by atoms with E-state index in [4.69, 9.17) is 0 Å². The van der Waals surface area contributed by atoms with Crippen LogP contribution in [0.15, 0.2) is 34.4 Å². The molecular weight excluding hydrogens is 293 g/mol. The second-order valence-corrected chi connectivity index (χ2v) is 4.94. The average Bonchev–Trinajstić information content (AvgIpc) is 2.81. The molecule has 0 N–H and O–H groups in total. The van der Waals surface area contributed by atoms with Gasteiger partial charge in [-0.2, -0.15) is 5.10 Å². The van der Waals surface area contributed by atoms with Crippen molar-refractivity contribution in [3.05, 3.63) is 40.2 Å². The van der Waals surface area contributed by atoms with Crippen molar-refractivity contribution in [3.63, 3.8) is 0 Å². The van der Waals surface area contributed by atoms with Crippen LogP contribution >= 0.6 is 27.3 Å². The van der Waals surface area contributed by atoms with E-state index in [1.165, 1.54) is 17.4 Å². The molecule has 6 heteroatoms. The van der Waals surface area contributed by atoms with Crippen LogP contribution in [0, 0.1) is 5.82 Å². The second-order valence-electron chi connectivity index (χ2n) is 3.22. The van der Waals surface area contributed by atoms with Gasteiger partial charge in [-0.25, -0.2) is 13.9 Å². The fourth-order valence-corrected chi connectivity index (χ4v) is 2.43. The summed E-state index contributed by atoms with van der Waals surface area (Å²) in [6, 6.07) is 4.79. The van der Waals surface area contributed by atoms with Gasteiger partial charge in [0.15, 0.2) is 0 Å². The van der Waals surface area contributed by atoms with Gasteiger partial charge in [0, 0.05) is 10.0 Å². The third kappa shape index (κ3) is 1.54. The Hall–Kier alpha value is -1.27. The summed E-state index contributed by atoms with van der Waals surface area (Å²) in [5.41, 5.74) is 2.77. The van der Waals surface area contributed by atoms with Crippen LogP contribution in [-0.4, -0.2) is 14.6 Å². The molecule has 2 heterocycles. The first-order chi connectivity index (χ1) is 7.74. The Kier molecular flexibility index (Phi) is 2.26. The molecular formula is C10H5BrFN3S. The first-order valence-corrected chi connectivity index (χ1v) is 6.15. The molecule has 0 radical (unpaired) electrons. The standard InChI is InChI=1S/C10H5BrFN3S/c11-6-1-2-8(12)7(3-6)9-4-15-10(14-9)16-5-13-15/h1-5H. The quantitative estimate of drug-likeness (QED) is 0.689. The van der Waals surface area contributed by atoms with Gasteiger partial charge in [-0.3, -0.25) is 0 Å². The molecule has 0 atom stereocenters. The molecule has 0 unspecified atom stereocenters. The van der Waals surface area contributed by atoms with E-state index in [9.17, 15) is 4.39 Å². The van der Waals surface area contributed by atoms with Crippen LogP contribution in [0.3, 0.4) is 0 Å². The largest absolute Gasteiger partial charge is 0.217 e. The minimum atomic E-state index is -0.283. The molecule has 0 spiro atoms. The highest BCUT2D eigenvalue weighted by atomic mass is 79.9. The lowest BCUT2D eigenvalue weighted by atomic mass is 10.1. The van der Waals surface area contributed by atoms with E-state index in [1.54, 1.807) is 28.4 Å². The molecule has 0 bridgehead atoms. The SMILES string of the molecule is Fc1ccc(Br)cc1-c1cn2ncsc2n1. The summed E-state index contributed by atoms with van der Waals surface area (Å²) in [5, 5.41) is 4.06. The van der Waals surface area contributed by atoms with E-state index in [2.05, 4.69) is 26.0 Å². The molecule has 3 rings (SSSR count). The van der Waals surface area contributed by atoms with Crippen LogP contribution in [0.5, 0.6) is 0 Å². The highest BCUT2D eigenvalue weighted by molar-refractivity contribution is 9.10. The number of benzene rings is 1. The van der Waals surface area contributed by atoms with E-state index in [0.29, 0.717) is 11.3 Å². The Labute approximate surface area is 103 Å². The van der Waals surface area contributed by atoms with Crippen molar-refractivity contribution in [1.82, 2.24) is 14.6 Å². The van der Waals surface area contributed by atoms with E-state index in [-0.39, 0.29) is 5.82 Å². The number of hydrogen-bond donors (Lipinski definition) is 0. The number of imidazole rings is 1. The van der Waals surface area contributed by atoms with E-state index >= 15 is 0 Å². The van der Waals surface area contributed by atoms with Gasteiger partial charge in [0.1, 0.15) is 11.3 Å². The first-order valence-electron chi connectivity index (χ1n) is 4.48. The number of fused-ring (bicyclic) bond motifs is 1. The molecule has 3 nitrogen and oxygen atoms in total. The number of rotatable bonds is 1. The minimum Gasteiger partial charge on any atom is -0.217 e. The number of halogens is 2. The molecule has 0 amide bonds. The number of hydrogen-bond acceptors (Lipinski definition) is 3. The van der Waals surface area contributed by atoms with E-state index in [1.807, 2.05) is 0 Å². The Balaban J connectivity index is 2.22. The monoisotopic (exact) mass is 297 g/mol. The Morgan fingerprint density at radius 1 is 1.38 bits per heavy atom. The van der Waals surface area contributed by atoms with E-state index < -0.39 is 0 Å². The summed E-state index contributed by atoms with van der Waals surface area (Å²) in [5.74, 6) is -0.283. The molecule has 0 saturated heterocycles. The third-order valence-electron chi connectivity index (χ3n) is 2.19. The Morgan fingerprint density at radius 3 is 3.06 bits per heavy atom. The van der Waals surface area contributed by atoms with Gasteiger partial charge in [-0.1, -0.05) is 27.3 Å². The smallest absolute Gasteiger partial charge is 0.212 e. The maximum atomic E-state index is 13.6. The number of aromatic nitrogens is 3. The van der Waals surface area contributed by atoms with Crippen molar-refractivity contribution >= 4 is 32.2 Å². The van der Waals surface area contributed by atoms with E-state index in [0.717, 1.165) is 9.43 Å². The summed E-state index contributed by atoms with van der Waals surface area (Å²) >= 11 is 4.73. The average molecular weight is 298 g/mol. The van der Waals surface area contributed by atoms with Gasteiger partial charge in [-0.15, -0.1) is 0 Å². The molecule has 2 aromatic heterocycles. The van der Waals surface area contributed by atoms with Crippen molar-refractivity contribution < 1.29 is 4.39 Å². The van der Waals surface area contributed by atoms with Crippen molar-refractivity contribution in [1.29, 1.82) is 0 Å². The Morgan fingerprint density at radius 2 is 2.25 bits per heavy atom. The minimum absolute atomic E-state index is 0.283. The molecule has 0 aliphatic heterocycles. The lowest BCUT2D eigenvalue weighted by Crippen LogP contribution is -1.84. The molecule has 80 valence electrons. The van der Waals surface area contributed by atoms with Gasteiger partial charge < -0.3 is 0 Å². The van der Waals surface area contributed by atoms with Crippen LogP contribution in [0.1, 0.15) is 0 Å². The summed E-state index contributed by atoms with van der Waals surface area (Å²) in [4.78, 5) is 5.06. The first kappa shape index (κ1) is 9.92. The summed E-state index contributed by atoms with van der Waals surface area (Å²) in [6.07, 6.45) is 1.72. The van der Waals surface area contributed by atoms with Crippen LogP contribution in [0.2, 0.25) is 0 Å². The zero-order valence-electron chi connectivity index (χ0n) is 7.89. The van der Waals surface area contributed by atoms with Gasteiger partial charge in [-0.05, 0) is 18.2 Å². The van der Waals surface area contributed by atoms with Crippen molar-refractivity contribution in [2.24, 2.45) is 0 Å². The predicted molar refractivity (Wildman–Crippen MR) is 64.0 cm³/mol. The Bertz CT molecular complexity index is 632. The highest BCUT2D eigenvalue weighted by Crippen LogP contribution is 2.26. The van der Waals surface area contributed by atoms with Crippen LogP contribution < -0.4 is 0 Å². The van der Waals surface area contributed by atoms with Crippen LogP contribution in [-0.2, 0) is 0 Å². The van der Waals surface area contributed by atoms with Crippen molar-refractivity contribution in [3.8, 4) is 11.3 Å². The summed E-state index contributed by atoms with van der Waals surface area (Å²) in [7, 11) is 0. The maximum absolute atomic E-state index is 13.6. The predicted octanol–water partition coefficient (Wildman–Crippen LogP) is 3.36. The molecule has 0 aliphatic carbocycles. The van der Waals surface area contributed by atoms with Gasteiger partial charge in [0.2, 0.25) is 4.96 Å². The molecule has 0 fully saturated rings. The zero-order valence-corrected chi connectivity index (χ0v) is 10.3. The molecule has 16 heavy (non-hydrogen) atoms. The fourth-order valence-electron chi connectivity index (χ4n) is 1.46. The highest BCUT2D eigenvalue weighted by Gasteiger charge is 2.10. The van der Waals surface area contributed by atoms with Crippen molar-refractivity contribution in [2.45, 2.75) is 0 Å². The zero-order chi connectivity index (χ0) is 11.1. The topological polar surface area (TPSA) is 30.2 Å². The van der Waals surface area contributed by atoms with Crippen LogP contribution in [0.4, 0.5) is 4.39 Å². The molecule has 3 aromatic rings. The molecule has 1 aromatic carbocycles. The molecule has 0 aliphatic rings. The van der Waals surface area contributed by atoms with Gasteiger partial charge >= 0.3 is 0 Å². The number of nitrogens with zero attached hydrogens (tertiary/aromatic N) is 3. The van der Waals surface area contributed by atoms with Gasteiger partial charge in [0.05, 0.1) is 11.9 Å². The summed E-state index contributed by atoms with van der Waals surface area (Å²) in [6.45, 7) is 0. The maximum Gasteiger partial charge on any atom is 0.212 e. The van der Waals surface area contributed by atoms with Crippen LogP contribution in [0.25, 0.3) is 16.2 Å². The fraction of sp³-hybridized carbons (Fsp3) is 0. The lowest BCUT2D eigenvalue weighted by Gasteiger charge is -1.99. The molecule has 0 saturated carbocycles. The van der Waals surface area contributed by atoms with Crippen molar-refractivity contribution in [2.75, 3.05) is 0 Å². The summed E-state index contributed by atoms with van der Waals surface area (Å²) < 4.78 is 16.1. The van der Waals surface area contributed by atoms with Gasteiger partial charge in [0.25, 0.3) is 0 Å².